The summed E-state index contributed by atoms with van der Waals surface area (Å²) in [5.74, 6) is 0. The van der Waals surface area contributed by atoms with Crippen LogP contribution in [0.15, 0.2) is 54.6 Å². The molecule has 2 atom stereocenters. The number of hydrogen-bond acceptors (Lipinski definition) is 1. The summed E-state index contributed by atoms with van der Waals surface area (Å²) < 4.78 is 0. The molecule has 0 fully saturated rings. The number of aliphatic hydroxyl groups excluding tert-OH is 1. The molecule has 88 valence electrons. The van der Waals surface area contributed by atoms with Crippen molar-refractivity contribution in [3.05, 3.63) is 60.2 Å². The third-order valence-electron chi connectivity index (χ3n) is 2.79. The lowest BCUT2D eigenvalue weighted by molar-refractivity contribution is 0.177. The standard InChI is InChI=1S/C15H15ClO/c1-11(16)15(17)14-9-7-13(8-10-14)12-5-3-2-4-6-12/h2-11,15,17H,1H3. The van der Waals surface area contributed by atoms with Crippen LogP contribution < -0.4 is 0 Å². The highest BCUT2D eigenvalue weighted by atomic mass is 35.5. The van der Waals surface area contributed by atoms with Crippen LogP contribution in [0.4, 0.5) is 0 Å². The fourth-order valence-electron chi connectivity index (χ4n) is 1.77. The first kappa shape index (κ1) is 12.2. The molecule has 0 saturated heterocycles. The van der Waals surface area contributed by atoms with E-state index in [1.165, 1.54) is 5.56 Å². The third-order valence-corrected chi connectivity index (χ3v) is 3.03. The van der Waals surface area contributed by atoms with Gasteiger partial charge in [0.15, 0.2) is 0 Å². The maximum atomic E-state index is 9.83. The molecule has 0 aromatic heterocycles. The first-order valence-corrected chi connectivity index (χ1v) is 6.09. The molecule has 2 aromatic carbocycles. The minimum absolute atomic E-state index is 0.280. The first-order valence-electron chi connectivity index (χ1n) is 5.66. The Kier molecular flexibility index (Phi) is 3.82. The average molecular weight is 247 g/mol. The Labute approximate surface area is 107 Å². The zero-order valence-electron chi connectivity index (χ0n) is 9.68. The maximum Gasteiger partial charge on any atom is 0.0950 e. The van der Waals surface area contributed by atoms with Crippen molar-refractivity contribution in [2.45, 2.75) is 18.4 Å². The molecule has 2 unspecified atom stereocenters. The molecular formula is C15H15ClO. The summed E-state index contributed by atoms with van der Waals surface area (Å²) in [6, 6.07) is 18.0. The zero-order chi connectivity index (χ0) is 12.3. The molecule has 0 radical (unpaired) electrons. The van der Waals surface area contributed by atoms with Gasteiger partial charge in [-0.3, -0.25) is 0 Å². The van der Waals surface area contributed by atoms with Gasteiger partial charge >= 0.3 is 0 Å². The fourth-order valence-corrected chi connectivity index (χ4v) is 1.91. The van der Waals surface area contributed by atoms with Crippen LogP contribution in [0.25, 0.3) is 11.1 Å². The van der Waals surface area contributed by atoms with Crippen molar-refractivity contribution >= 4 is 11.6 Å². The molecule has 0 spiro atoms. The van der Waals surface area contributed by atoms with Gasteiger partial charge in [0.1, 0.15) is 0 Å². The highest BCUT2D eigenvalue weighted by Gasteiger charge is 2.13. The highest BCUT2D eigenvalue weighted by molar-refractivity contribution is 6.20. The van der Waals surface area contributed by atoms with Crippen molar-refractivity contribution in [3.8, 4) is 11.1 Å². The van der Waals surface area contributed by atoms with Gasteiger partial charge in [-0.1, -0.05) is 54.6 Å². The second-order valence-electron chi connectivity index (χ2n) is 4.11. The molecule has 2 rings (SSSR count). The summed E-state index contributed by atoms with van der Waals surface area (Å²) in [7, 11) is 0. The van der Waals surface area contributed by atoms with Crippen molar-refractivity contribution in [1.82, 2.24) is 0 Å². The van der Waals surface area contributed by atoms with Crippen LogP contribution in [-0.2, 0) is 0 Å². The van der Waals surface area contributed by atoms with Crippen molar-refractivity contribution in [3.63, 3.8) is 0 Å². The molecule has 2 aromatic rings. The topological polar surface area (TPSA) is 20.2 Å². The van der Waals surface area contributed by atoms with Gasteiger partial charge in [0.2, 0.25) is 0 Å². The molecule has 0 heterocycles. The zero-order valence-corrected chi connectivity index (χ0v) is 10.4. The van der Waals surface area contributed by atoms with Gasteiger partial charge in [0.05, 0.1) is 11.5 Å². The van der Waals surface area contributed by atoms with Crippen molar-refractivity contribution in [2.24, 2.45) is 0 Å². The van der Waals surface area contributed by atoms with Crippen molar-refractivity contribution in [2.75, 3.05) is 0 Å². The Morgan fingerprint density at radius 3 is 1.94 bits per heavy atom. The summed E-state index contributed by atoms with van der Waals surface area (Å²) in [6.07, 6.45) is -0.610. The fraction of sp³-hybridized carbons (Fsp3) is 0.200. The van der Waals surface area contributed by atoms with E-state index in [0.29, 0.717) is 0 Å². The van der Waals surface area contributed by atoms with Crippen LogP contribution in [0, 0.1) is 0 Å². The van der Waals surface area contributed by atoms with Gasteiger partial charge in [0.25, 0.3) is 0 Å². The lowest BCUT2D eigenvalue weighted by atomic mass is 10.0. The number of aliphatic hydroxyl groups is 1. The smallest absolute Gasteiger partial charge is 0.0950 e. The molecule has 0 saturated carbocycles. The predicted molar refractivity (Wildman–Crippen MR) is 72.2 cm³/mol. The lowest BCUT2D eigenvalue weighted by Gasteiger charge is -2.13. The number of alkyl halides is 1. The van der Waals surface area contributed by atoms with Crippen molar-refractivity contribution < 1.29 is 5.11 Å². The van der Waals surface area contributed by atoms with Crippen LogP contribution >= 0.6 is 11.6 Å². The number of halogens is 1. The quantitative estimate of drug-likeness (QED) is 0.812. The first-order chi connectivity index (χ1) is 8.18. The number of rotatable bonds is 3. The molecular weight excluding hydrogens is 232 g/mol. The van der Waals surface area contributed by atoms with E-state index in [0.717, 1.165) is 11.1 Å². The molecule has 0 bridgehead atoms. The Bertz CT molecular complexity index is 462. The van der Waals surface area contributed by atoms with Crippen LogP contribution in [0.2, 0.25) is 0 Å². The predicted octanol–water partition coefficient (Wildman–Crippen LogP) is 4.01. The Morgan fingerprint density at radius 2 is 1.41 bits per heavy atom. The molecule has 0 amide bonds. The Balaban J connectivity index is 2.25. The lowest BCUT2D eigenvalue weighted by Crippen LogP contribution is -2.07. The average Bonchev–Trinajstić information content (AvgIpc) is 2.39. The summed E-state index contributed by atoms with van der Waals surface area (Å²) in [6.45, 7) is 1.79. The molecule has 0 aliphatic carbocycles. The monoisotopic (exact) mass is 246 g/mol. The Hall–Kier alpha value is -1.31. The van der Waals surface area contributed by atoms with E-state index in [2.05, 4.69) is 12.1 Å². The van der Waals surface area contributed by atoms with Crippen LogP contribution in [-0.4, -0.2) is 10.5 Å². The number of benzene rings is 2. The van der Waals surface area contributed by atoms with Gasteiger partial charge in [-0.2, -0.15) is 0 Å². The van der Waals surface area contributed by atoms with Gasteiger partial charge < -0.3 is 5.11 Å². The van der Waals surface area contributed by atoms with Crippen LogP contribution in [0.1, 0.15) is 18.6 Å². The number of hydrogen-bond donors (Lipinski definition) is 1. The molecule has 1 N–H and O–H groups in total. The van der Waals surface area contributed by atoms with E-state index in [4.69, 9.17) is 11.6 Å². The third kappa shape index (κ3) is 2.87. The Morgan fingerprint density at radius 1 is 0.882 bits per heavy atom. The van der Waals surface area contributed by atoms with Gasteiger partial charge in [-0.15, -0.1) is 11.6 Å². The van der Waals surface area contributed by atoms with E-state index in [1.807, 2.05) is 42.5 Å². The van der Waals surface area contributed by atoms with Gasteiger partial charge in [-0.25, -0.2) is 0 Å². The summed E-state index contributed by atoms with van der Waals surface area (Å²) in [5.41, 5.74) is 3.17. The van der Waals surface area contributed by atoms with E-state index in [9.17, 15) is 5.11 Å². The van der Waals surface area contributed by atoms with E-state index in [1.54, 1.807) is 6.92 Å². The second-order valence-corrected chi connectivity index (χ2v) is 4.80. The second kappa shape index (κ2) is 5.35. The molecule has 1 nitrogen and oxygen atoms in total. The normalized spacial score (nSPS) is 14.3. The van der Waals surface area contributed by atoms with Crippen molar-refractivity contribution in [1.29, 1.82) is 0 Å². The van der Waals surface area contributed by atoms with E-state index in [-0.39, 0.29) is 5.38 Å². The van der Waals surface area contributed by atoms with E-state index < -0.39 is 6.10 Å². The summed E-state index contributed by atoms with van der Waals surface area (Å²) in [5, 5.41) is 9.55. The molecule has 0 aliphatic heterocycles. The molecule has 17 heavy (non-hydrogen) atoms. The minimum atomic E-state index is -0.610. The summed E-state index contributed by atoms with van der Waals surface area (Å²) in [4.78, 5) is 0. The van der Waals surface area contributed by atoms with Crippen LogP contribution in [0.3, 0.4) is 0 Å². The maximum absolute atomic E-state index is 9.83. The largest absolute Gasteiger partial charge is 0.387 e. The summed E-state index contributed by atoms with van der Waals surface area (Å²) >= 11 is 5.87. The van der Waals surface area contributed by atoms with Gasteiger partial charge in [0, 0.05) is 0 Å². The molecule has 2 heteroatoms. The van der Waals surface area contributed by atoms with Gasteiger partial charge in [-0.05, 0) is 23.6 Å². The minimum Gasteiger partial charge on any atom is -0.387 e. The SMILES string of the molecule is CC(Cl)C(O)c1ccc(-c2ccccc2)cc1. The van der Waals surface area contributed by atoms with Crippen LogP contribution in [0.5, 0.6) is 0 Å². The highest BCUT2D eigenvalue weighted by Crippen LogP contribution is 2.24. The molecule has 0 aliphatic rings. The van der Waals surface area contributed by atoms with E-state index >= 15 is 0 Å².